The molecule has 0 saturated carbocycles. The van der Waals surface area contributed by atoms with Gasteiger partial charge in [-0.05, 0) is 43.4 Å². The fourth-order valence-electron chi connectivity index (χ4n) is 4.24. The highest BCUT2D eigenvalue weighted by Crippen LogP contribution is 2.37. The Hall–Kier alpha value is -2.89. The summed E-state index contributed by atoms with van der Waals surface area (Å²) in [6, 6.07) is 3.95. The number of carboxylic acids is 1. The second-order valence-electron chi connectivity index (χ2n) is 7.80. The van der Waals surface area contributed by atoms with Crippen LogP contribution in [0.3, 0.4) is 0 Å². The number of aromatic amines is 1. The predicted octanol–water partition coefficient (Wildman–Crippen LogP) is 3.21. The van der Waals surface area contributed by atoms with Crippen LogP contribution in [0.1, 0.15) is 37.3 Å². The minimum absolute atomic E-state index is 0.0896. The molecule has 1 aliphatic carbocycles. The second-order valence-corrected chi connectivity index (χ2v) is 7.80. The Morgan fingerprint density at radius 2 is 2.26 bits per heavy atom. The summed E-state index contributed by atoms with van der Waals surface area (Å²) < 4.78 is 0. The monoisotopic (exact) mass is 365 g/mol. The molecule has 0 bridgehead atoms. The van der Waals surface area contributed by atoms with E-state index < -0.39 is 11.4 Å². The summed E-state index contributed by atoms with van der Waals surface area (Å²) in [5.41, 5.74) is 3.27. The van der Waals surface area contributed by atoms with E-state index in [1.807, 2.05) is 23.1 Å². The van der Waals surface area contributed by atoms with E-state index in [0.29, 0.717) is 19.5 Å². The number of nitrogens with one attached hydrogen (secondary N) is 1. The molecule has 1 aromatic heterocycles. The number of carboxylic acid groups (broad SMARTS) is 1. The van der Waals surface area contributed by atoms with Crippen molar-refractivity contribution < 1.29 is 14.7 Å². The van der Waals surface area contributed by atoms with Crippen molar-refractivity contribution in [1.29, 1.82) is 0 Å². The summed E-state index contributed by atoms with van der Waals surface area (Å²) in [6.07, 6.45) is 10.1. The largest absolute Gasteiger partial charge is 0.481 e. The molecule has 1 aromatic carbocycles. The number of nitrogens with zero attached hydrogens (tertiary/aromatic N) is 2. The molecule has 0 spiro atoms. The Morgan fingerprint density at radius 3 is 3.00 bits per heavy atom. The summed E-state index contributed by atoms with van der Waals surface area (Å²) >= 11 is 0. The molecule has 2 N–H and O–H groups in total. The number of benzene rings is 1. The topological polar surface area (TPSA) is 86.3 Å². The zero-order valence-corrected chi connectivity index (χ0v) is 15.4. The van der Waals surface area contributed by atoms with Crippen LogP contribution in [0.5, 0.6) is 0 Å². The smallest absolute Gasteiger partial charge is 0.304 e. The van der Waals surface area contributed by atoms with Crippen molar-refractivity contribution in [3.05, 3.63) is 53.3 Å². The maximum atomic E-state index is 13.4. The van der Waals surface area contributed by atoms with Crippen molar-refractivity contribution in [2.75, 3.05) is 6.54 Å². The van der Waals surface area contributed by atoms with Crippen LogP contribution in [0.25, 0.3) is 10.9 Å². The van der Waals surface area contributed by atoms with Crippen LogP contribution < -0.4 is 0 Å². The zero-order valence-electron chi connectivity index (χ0n) is 15.4. The van der Waals surface area contributed by atoms with Gasteiger partial charge in [-0.1, -0.05) is 29.9 Å². The average Bonchev–Trinajstić information content (AvgIpc) is 3.08. The Morgan fingerprint density at radius 1 is 1.41 bits per heavy atom. The zero-order chi connectivity index (χ0) is 19.0. The first-order valence-corrected chi connectivity index (χ1v) is 9.26. The van der Waals surface area contributed by atoms with Crippen molar-refractivity contribution in [1.82, 2.24) is 15.1 Å². The number of hydrogen-bond acceptors (Lipinski definition) is 3. The van der Waals surface area contributed by atoms with Gasteiger partial charge in [-0.25, -0.2) is 0 Å². The van der Waals surface area contributed by atoms with Gasteiger partial charge in [0.2, 0.25) is 5.91 Å². The summed E-state index contributed by atoms with van der Waals surface area (Å²) in [5.74, 6) is -1.04. The van der Waals surface area contributed by atoms with Crippen LogP contribution in [0, 0.1) is 5.41 Å². The molecule has 1 aliphatic heterocycles. The number of aliphatic carboxylic acids is 1. The van der Waals surface area contributed by atoms with Gasteiger partial charge in [0.05, 0.1) is 23.5 Å². The van der Waals surface area contributed by atoms with Gasteiger partial charge < -0.3 is 10.0 Å². The number of carbonyl (C=O) groups is 2. The normalized spacial score (nSPS) is 22.5. The molecule has 140 valence electrons. The molecule has 6 heteroatoms. The first-order chi connectivity index (χ1) is 13.0. The summed E-state index contributed by atoms with van der Waals surface area (Å²) in [6.45, 7) is 2.79. The Labute approximate surface area is 157 Å². The van der Waals surface area contributed by atoms with Crippen molar-refractivity contribution >= 4 is 22.8 Å². The maximum Gasteiger partial charge on any atom is 0.304 e. The fraction of sp³-hybridized carbons (Fsp3) is 0.381. The van der Waals surface area contributed by atoms with Crippen molar-refractivity contribution in [2.24, 2.45) is 5.41 Å². The second kappa shape index (κ2) is 6.68. The van der Waals surface area contributed by atoms with Crippen LogP contribution in [0.2, 0.25) is 0 Å². The lowest BCUT2D eigenvalue weighted by Gasteiger charge is -2.31. The van der Waals surface area contributed by atoms with E-state index in [9.17, 15) is 14.7 Å². The lowest BCUT2D eigenvalue weighted by molar-refractivity contribution is -0.149. The summed E-state index contributed by atoms with van der Waals surface area (Å²) in [7, 11) is 0. The first-order valence-electron chi connectivity index (χ1n) is 9.26. The van der Waals surface area contributed by atoms with E-state index in [2.05, 4.69) is 22.3 Å². The van der Waals surface area contributed by atoms with Gasteiger partial charge in [-0.2, -0.15) is 5.10 Å². The van der Waals surface area contributed by atoms with E-state index in [-0.39, 0.29) is 12.3 Å². The molecule has 27 heavy (non-hydrogen) atoms. The number of aromatic nitrogens is 2. The predicted molar refractivity (Wildman–Crippen MR) is 102 cm³/mol. The van der Waals surface area contributed by atoms with Crippen molar-refractivity contribution in [3.63, 3.8) is 0 Å². The van der Waals surface area contributed by atoms with Crippen LogP contribution in [-0.4, -0.2) is 38.6 Å². The first kappa shape index (κ1) is 17.5. The number of allylic oxidation sites excluding steroid dienone is 3. The fourth-order valence-corrected chi connectivity index (χ4v) is 4.24. The molecule has 2 aliphatic rings. The van der Waals surface area contributed by atoms with E-state index in [1.54, 1.807) is 13.1 Å². The SMILES string of the molecule is C[C@@]1(CC(=O)O)Cc2ccc3[nH]ncc3c2CN(CC2=CC=CCC2)C1=O. The number of hydrogen-bond donors (Lipinski definition) is 2. The molecule has 0 saturated heterocycles. The number of carbonyl (C=O) groups excluding carboxylic acids is 1. The van der Waals surface area contributed by atoms with E-state index in [1.165, 1.54) is 5.57 Å². The number of rotatable bonds is 4. The highest BCUT2D eigenvalue weighted by Gasteiger charge is 2.42. The van der Waals surface area contributed by atoms with E-state index >= 15 is 0 Å². The molecule has 2 heterocycles. The lowest BCUT2D eigenvalue weighted by atomic mass is 9.79. The minimum atomic E-state index is -0.959. The van der Waals surface area contributed by atoms with Gasteiger partial charge in [0, 0.05) is 18.5 Å². The molecule has 6 nitrogen and oxygen atoms in total. The van der Waals surface area contributed by atoms with E-state index in [0.717, 1.165) is 34.9 Å². The Bertz CT molecular complexity index is 972. The Kier molecular flexibility index (Phi) is 4.34. The minimum Gasteiger partial charge on any atom is -0.481 e. The number of H-pyrrole nitrogens is 1. The van der Waals surface area contributed by atoms with Crippen LogP contribution in [-0.2, 0) is 22.6 Å². The molecular formula is C21H23N3O3. The van der Waals surface area contributed by atoms with Crippen LogP contribution in [0.4, 0.5) is 0 Å². The maximum absolute atomic E-state index is 13.4. The van der Waals surface area contributed by atoms with Gasteiger partial charge in [-0.3, -0.25) is 14.7 Å². The van der Waals surface area contributed by atoms with Crippen molar-refractivity contribution in [3.8, 4) is 0 Å². The third-order valence-corrected chi connectivity index (χ3v) is 5.60. The molecule has 0 fully saturated rings. The van der Waals surface area contributed by atoms with Crippen LogP contribution in [0.15, 0.2) is 42.1 Å². The number of amides is 1. The third-order valence-electron chi connectivity index (χ3n) is 5.60. The van der Waals surface area contributed by atoms with E-state index in [4.69, 9.17) is 0 Å². The standard InChI is InChI=1S/C21H23N3O3/c1-21(10-19(25)26)9-15-7-8-18-16(11-22-23-18)17(15)13-24(20(21)27)12-14-5-3-2-4-6-14/h2-3,5,7-8,11H,4,6,9-10,12-13H2,1H3,(H,22,23)(H,25,26)/t21-/m0/s1. The van der Waals surface area contributed by atoms with Crippen LogP contribution >= 0.6 is 0 Å². The molecule has 0 radical (unpaired) electrons. The lowest BCUT2D eigenvalue weighted by Crippen LogP contribution is -2.43. The third kappa shape index (κ3) is 3.27. The molecule has 0 unspecified atom stereocenters. The quantitative estimate of drug-likeness (QED) is 0.871. The van der Waals surface area contributed by atoms with Gasteiger partial charge >= 0.3 is 5.97 Å². The van der Waals surface area contributed by atoms with Gasteiger partial charge in [0.1, 0.15) is 0 Å². The highest BCUT2D eigenvalue weighted by atomic mass is 16.4. The molecule has 1 amide bonds. The summed E-state index contributed by atoms with van der Waals surface area (Å²) in [5, 5.41) is 17.6. The summed E-state index contributed by atoms with van der Waals surface area (Å²) in [4.78, 5) is 26.7. The number of fused-ring (bicyclic) bond motifs is 3. The van der Waals surface area contributed by atoms with Gasteiger partial charge in [0.15, 0.2) is 0 Å². The Balaban J connectivity index is 1.79. The molecule has 4 rings (SSSR count). The van der Waals surface area contributed by atoms with Gasteiger partial charge in [-0.15, -0.1) is 0 Å². The molecule has 1 atom stereocenters. The van der Waals surface area contributed by atoms with Crippen molar-refractivity contribution in [2.45, 2.75) is 39.2 Å². The average molecular weight is 365 g/mol. The molecule has 2 aromatic rings. The highest BCUT2D eigenvalue weighted by molar-refractivity contribution is 5.90. The molecular weight excluding hydrogens is 342 g/mol. The van der Waals surface area contributed by atoms with Gasteiger partial charge in [0.25, 0.3) is 0 Å².